The van der Waals surface area contributed by atoms with Crippen LogP contribution in [0.1, 0.15) is 27.0 Å². The number of carbonyl (C=O) groups is 1. The summed E-state index contributed by atoms with van der Waals surface area (Å²) in [5.74, 6) is -0.357. The van der Waals surface area contributed by atoms with Crippen LogP contribution in [-0.2, 0) is 50.9 Å². The van der Waals surface area contributed by atoms with Gasteiger partial charge in [-0.2, -0.15) is 0 Å². The number of aryl methyl sites for hydroxylation is 1. The number of ketones is 1. The van der Waals surface area contributed by atoms with Gasteiger partial charge in [0.25, 0.3) is 0 Å². The molecule has 53 heavy (non-hydrogen) atoms. The zero-order valence-corrected chi connectivity index (χ0v) is 30.7. The van der Waals surface area contributed by atoms with E-state index < -0.39 is 5.82 Å². The normalized spacial score (nSPS) is 12.3. The summed E-state index contributed by atoms with van der Waals surface area (Å²) < 4.78 is 57.9. The Labute approximate surface area is 310 Å². The number of nitrogens with one attached hydrogen (secondary N) is 3. The molecule has 0 unspecified atom stereocenters. The average Bonchev–Trinajstić information content (AvgIpc) is 3.29. The number of halogens is 1. The number of aromatic hydroxyl groups is 1. The maximum absolute atomic E-state index is 14.6. The molecule has 4 N–H and O–H groups in total. The Kier molecular flexibility index (Phi) is 19.4. The largest absolute Gasteiger partial charge is 0.508 e. The number of hydrogen-bond donors (Lipinski definition) is 4. The molecule has 0 saturated heterocycles. The Bertz CT molecular complexity index is 1530. The number of ether oxygens (including phenoxy) is 8. The molecule has 0 saturated carbocycles. The van der Waals surface area contributed by atoms with Gasteiger partial charge < -0.3 is 59.0 Å². The van der Waals surface area contributed by atoms with E-state index in [1.54, 1.807) is 26.3 Å². The van der Waals surface area contributed by atoms with Crippen LogP contribution in [0.3, 0.4) is 0 Å². The fourth-order valence-corrected chi connectivity index (χ4v) is 5.20. The molecular weight excluding hydrogens is 691 g/mol. The highest BCUT2D eigenvalue weighted by Gasteiger charge is 2.24. The van der Waals surface area contributed by atoms with Crippen molar-refractivity contribution < 1.29 is 52.2 Å². The number of aromatic nitrogens is 1. The van der Waals surface area contributed by atoms with E-state index in [1.807, 2.05) is 18.2 Å². The Hall–Kier alpha value is -3.77. The van der Waals surface area contributed by atoms with Crippen molar-refractivity contribution >= 4 is 28.7 Å². The Morgan fingerprint density at radius 2 is 1.32 bits per heavy atom. The topological polar surface area (TPSA) is 160 Å². The number of benzene rings is 2. The maximum atomic E-state index is 14.6. The van der Waals surface area contributed by atoms with Crippen LogP contribution in [0.5, 0.6) is 5.75 Å². The molecular formula is C38H53FN4O10. The number of fused-ring (bicyclic) bond motifs is 2. The summed E-state index contributed by atoms with van der Waals surface area (Å²) in [5.41, 5.74) is 3.85. The van der Waals surface area contributed by atoms with Crippen molar-refractivity contribution in [1.82, 2.24) is 10.3 Å². The second-order valence-electron chi connectivity index (χ2n) is 12.0. The van der Waals surface area contributed by atoms with E-state index in [0.717, 1.165) is 16.8 Å². The van der Waals surface area contributed by atoms with E-state index in [1.165, 1.54) is 12.1 Å². The van der Waals surface area contributed by atoms with Crippen LogP contribution in [0.2, 0.25) is 0 Å². The zero-order valence-electron chi connectivity index (χ0n) is 30.7. The summed E-state index contributed by atoms with van der Waals surface area (Å²) in [6.45, 7) is 10.6. The molecule has 4 rings (SSSR count). The van der Waals surface area contributed by atoms with Crippen molar-refractivity contribution in [2.45, 2.75) is 19.9 Å². The predicted molar refractivity (Wildman–Crippen MR) is 197 cm³/mol. The van der Waals surface area contributed by atoms with Gasteiger partial charge in [-0.3, -0.25) is 4.79 Å². The number of carbonyl (C=O) groups excluding carboxylic acids is 1. The third-order valence-corrected chi connectivity index (χ3v) is 7.97. The molecule has 0 spiro atoms. The Morgan fingerprint density at radius 3 is 1.91 bits per heavy atom. The second-order valence-corrected chi connectivity index (χ2v) is 12.0. The summed E-state index contributed by atoms with van der Waals surface area (Å²) in [6, 6.07) is 10.1. The molecule has 0 radical (unpaired) electrons. The summed E-state index contributed by atoms with van der Waals surface area (Å²) in [5, 5.41) is 19.7. The van der Waals surface area contributed by atoms with Gasteiger partial charge in [-0.1, -0.05) is 12.1 Å². The summed E-state index contributed by atoms with van der Waals surface area (Å²) >= 11 is 0. The molecule has 1 aromatic heterocycles. The van der Waals surface area contributed by atoms with Crippen LogP contribution in [0.25, 0.3) is 0 Å². The quantitative estimate of drug-likeness (QED) is 0.0779. The number of Topliss-reactive ketones (excluding diaryl/α,β-unsaturated/α-hetero) is 1. The predicted octanol–water partition coefficient (Wildman–Crippen LogP) is 4.31. The van der Waals surface area contributed by atoms with Gasteiger partial charge in [0.1, 0.15) is 17.4 Å². The maximum Gasteiger partial charge on any atom is 0.173 e. The van der Waals surface area contributed by atoms with E-state index in [2.05, 4.69) is 20.9 Å². The lowest BCUT2D eigenvalue weighted by Gasteiger charge is -2.14. The van der Waals surface area contributed by atoms with Crippen molar-refractivity contribution in [3.63, 3.8) is 0 Å². The van der Waals surface area contributed by atoms with Crippen LogP contribution in [0.15, 0.2) is 42.6 Å². The number of hydrogen-bond acceptors (Lipinski definition) is 14. The van der Waals surface area contributed by atoms with E-state index in [-0.39, 0.29) is 23.6 Å². The number of rotatable bonds is 28. The lowest BCUT2D eigenvalue weighted by atomic mass is 10.0. The molecule has 292 valence electrons. The summed E-state index contributed by atoms with van der Waals surface area (Å²) in [4.78, 5) is 17.8. The molecule has 2 aromatic carbocycles. The highest BCUT2D eigenvalue weighted by Crippen LogP contribution is 2.35. The van der Waals surface area contributed by atoms with Gasteiger partial charge in [-0.05, 0) is 41.8 Å². The highest BCUT2D eigenvalue weighted by atomic mass is 19.1. The molecule has 0 amide bonds. The first-order valence-electron chi connectivity index (χ1n) is 17.9. The van der Waals surface area contributed by atoms with Crippen molar-refractivity contribution in [1.29, 1.82) is 0 Å². The van der Waals surface area contributed by atoms with E-state index in [0.29, 0.717) is 135 Å². The minimum Gasteiger partial charge on any atom is -0.508 e. The second kappa shape index (κ2) is 24.5. The fraction of sp³-hybridized carbons (Fsp3) is 0.526. The van der Waals surface area contributed by atoms with E-state index in [9.17, 15) is 14.3 Å². The first-order valence-corrected chi connectivity index (χ1v) is 17.9. The number of phenols is 1. The van der Waals surface area contributed by atoms with Crippen molar-refractivity contribution in [2.24, 2.45) is 0 Å². The number of nitrogens with zero attached hydrogens (tertiary/aromatic N) is 1. The molecule has 0 atom stereocenters. The van der Waals surface area contributed by atoms with Gasteiger partial charge in [0.05, 0.1) is 116 Å². The number of methoxy groups -OCH3 is 1. The lowest BCUT2D eigenvalue weighted by molar-refractivity contribution is -0.0220. The Balaban J connectivity index is 0.994. The third-order valence-electron chi connectivity index (χ3n) is 7.97. The number of pyridine rings is 1. The van der Waals surface area contributed by atoms with Crippen LogP contribution in [-0.4, -0.2) is 129 Å². The van der Waals surface area contributed by atoms with Gasteiger partial charge in [-0.25, -0.2) is 9.37 Å². The van der Waals surface area contributed by atoms with Crippen LogP contribution in [0.4, 0.5) is 27.3 Å². The van der Waals surface area contributed by atoms with Gasteiger partial charge in [0.2, 0.25) is 0 Å². The lowest BCUT2D eigenvalue weighted by Crippen LogP contribution is -2.20. The van der Waals surface area contributed by atoms with Crippen molar-refractivity contribution in [3.8, 4) is 5.75 Å². The first kappa shape index (κ1) is 42.0. The average molecular weight is 745 g/mol. The van der Waals surface area contributed by atoms with Crippen LogP contribution < -0.4 is 16.0 Å². The van der Waals surface area contributed by atoms with E-state index >= 15 is 0 Å². The number of anilines is 4. The SMILES string of the molecule is COCCOCCOCCOCCOCCOCCOCCOCCNCc1ccc2c(c1)CC(=O)c1c(Nc3cc(O)c(C)cc3F)ccnc1N2. The van der Waals surface area contributed by atoms with Gasteiger partial charge in [0, 0.05) is 44.6 Å². The van der Waals surface area contributed by atoms with Gasteiger partial charge in [0.15, 0.2) is 5.78 Å². The molecule has 2 heterocycles. The molecule has 14 nitrogen and oxygen atoms in total. The molecule has 0 aliphatic carbocycles. The Morgan fingerprint density at radius 1 is 0.755 bits per heavy atom. The monoisotopic (exact) mass is 744 g/mol. The van der Waals surface area contributed by atoms with Crippen molar-refractivity contribution in [2.75, 3.05) is 123 Å². The summed E-state index contributed by atoms with van der Waals surface area (Å²) in [6.07, 6.45) is 1.69. The van der Waals surface area contributed by atoms with Crippen LogP contribution in [0, 0.1) is 12.7 Å². The van der Waals surface area contributed by atoms with E-state index in [4.69, 9.17) is 37.9 Å². The standard InChI is InChI=1S/C38H53FN4O10/c1-28-23-31(39)34(26-35(28)44)42-33-5-6-41-38-37(33)36(45)25-30-24-29(3-4-32(30)43-38)27-40-7-8-47-11-12-49-15-16-51-19-20-53-22-21-52-18-17-50-14-13-48-10-9-46-2/h3-6,23-24,26,40,44H,7-22,25,27H2,1-2H3,(H2,41,42,43). The highest BCUT2D eigenvalue weighted by molar-refractivity contribution is 6.09. The molecule has 15 heteroatoms. The number of phenolic OH excluding ortho intramolecular Hbond substituents is 1. The molecule has 3 aromatic rings. The van der Waals surface area contributed by atoms with Crippen LogP contribution >= 0.6 is 0 Å². The summed E-state index contributed by atoms with van der Waals surface area (Å²) in [7, 11) is 1.64. The molecule has 1 aliphatic rings. The minimum atomic E-state index is -0.535. The third kappa shape index (κ3) is 15.2. The fourth-order valence-electron chi connectivity index (χ4n) is 5.20. The smallest absolute Gasteiger partial charge is 0.173 e. The van der Waals surface area contributed by atoms with Gasteiger partial charge in [-0.15, -0.1) is 0 Å². The molecule has 1 aliphatic heterocycles. The zero-order chi connectivity index (χ0) is 37.5. The minimum absolute atomic E-state index is 0.0442. The molecule has 0 fully saturated rings. The molecule has 0 bridgehead atoms. The van der Waals surface area contributed by atoms with Crippen molar-refractivity contribution in [3.05, 3.63) is 70.7 Å². The van der Waals surface area contributed by atoms with Gasteiger partial charge >= 0.3 is 0 Å². The first-order chi connectivity index (χ1) is 26.0.